The summed E-state index contributed by atoms with van der Waals surface area (Å²) in [5, 5.41) is 11.2. The molecule has 37 heavy (non-hydrogen) atoms. The number of Topliss-reactive ketones (excluding diaryl/α,β-unsaturated/α-hetero) is 1. The number of carbonyl (C=O) groups is 1. The van der Waals surface area contributed by atoms with Gasteiger partial charge in [0, 0.05) is 24.5 Å². The van der Waals surface area contributed by atoms with Crippen LogP contribution in [-0.4, -0.2) is 42.6 Å². The number of nitrogens with zero attached hydrogens (tertiary/aromatic N) is 1. The van der Waals surface area contributed by atoms with Crippen molar-refractivity contribution in [2.24, 2.45) is 0 Å². The maximum Gasteiger partial charge on any atom is 0.278 e. The summed E-state index contributed by atoms with van der Waals surface area (Å²) in [5.41, 5.74) is 0.645. The summed E-state index contributed by atoms with van der Waals surface area (Å²) in [7, 11) is 2.84. The molecule has 0 aliphatic carbocycles. The summed E-state index contributed by atoms with van der Waals surface area (Å²) in [6.07, 6.45) is 0.0256. The van der Waals surface area contributed by atoms with Gasteiger partial charge in [0.2, 0.25) is 0 Å². The average molecular weight is 518 g/mol. The third kappa shape index (κ3) is 7.01. The average Bonchev–Trinajstić information content (AvgIpc) is 2.86. The van der Waals surface area contributed by atoms with Crippen LogP contribution in [0.2, 0.25) is 0 Å². The molecule has 0 aliphatic rings. The predicted molar refractivity (Wildman–Crippen MR) is 133 cm³/mol. The van der Waals surface area contributed by atoms with E-state index in [1.807, 2.05) is 0 Å². The zero-order valence-electron chi connectivity index (χ0n) is 21.4. The number of pyridine rings is 1. The first-order chi connectivity index (χ1) is 17.3. The Morgan fingerprint density at radius 2 is 1.65 bits per heavy atom. The van der Waals surface area contributed by atoms with Gasteiger partial charge >= 0.3 is 0 Å². The van der Waals surface area contributed by atoms with Gasteiger partial charge in [0.15, 0.2) is 23.9 Å². The molecule has 0 aliphatic heterocycles. The van der Waals surface area contributed by atoms with Crippen molar-refractivity contribution in [3.8, 4) is 28.5 Å². The van der Waals surface area contributed by atoms with Crippen LogP contribution in [0.1, 0.15) is 48.3 Å². The fraction of sp³-hybridized carbons (Fsp3) is 0.357. The lowest BCUT2D eigenvalue weighted by Gasteiger charge is -2.24. The van der Waals surface area contributed by atoms with Gasteiger partial charge in [0.1, 0.15) is 22.9 Å². The van der Waals surface area contributed by atoms with Crippen LogP contribution in [0.4, 0.5) is 13.2 Å². The van der Waals surface area contributed by atoms with Gasteiger partial charge < -0.3 is 19.3 Å². The Balaban J connectivity index is 1.78. The molecule has 0 amide bonds. The normalized spacial score (nSPS) is 13.1. The topological polar surface area (TPSA) is 77.9 Å². The highest BCUT2D eigenvalue weighted by atomic mass is 19.3. The SMILES string of the molecule is COc1cc(C(=O)CCC(C)(O)c2ccc(OC)c(-c3ccc(F)c(C)c3)n2)ccc1OCC(C)(F)F. The standard InChI is InChI=1S/C28H30F3NO5/c1-17-14-19(6-8-20(17)29)26-23(35-4)10-11-25(32-26)27(2,34)13-12-21(33)18-7-9-22(24(15-18)36-5)37-16-28(3,30)31/h6-11,14-15,34H,12-13,16H2,1-5H3. The Morgan fingerprint density at radius 3 is 2.27 bits per heavy atom. The van der Waals surface area contributed by atoms with E-state index < -0.39 is 18.1 Å². The van der Waals surface area contributed by atoms with Gasteiger partial charge in [-0.3, -0.25) is 4.79 Å². The van der Waals surface area contributed by atoms with Gasteiger partial charge in [-0.2, -0.15) is 0 Å². The van der Waals surface area contributed by atoms with Crippen LogP contribution in [0.25, 0.3) is 11.3 Å². The second-order valence-electron chi connectivity index (χ2n) is 9.13. The number of ether oxygens (including phenoxy) is 3. The molecule has 2 aromatic carbocycles. The maximum atomic E-state index is 13.8. The van der Waals surface area contributed by atoms with Crippen LogP contribution >= 0.6 is 0 Å². The molecule has 1 N–H and O–H groups in total. The number of alkyl halides is 2. The fourth-order valence-corrected chi connectivity index (χ4v) is 3.70. The fourth-order valence-electron chi connectivity index (χ4n) is 3.70. The number of halogens is 3. The number of hydrogen-bond acceptors (Lipinski definition) is 6. The highest BCUT2D eigenvalue weighted by Gasteiger charge is 2.28. The summed E-state index contributed by atoms with van der Waals surface area (Å²) in [6.45, 7) is 3.11. The summed E-state index contributed by atoms with van der Waals surface area (Å²) in [5.74, 6) is -2.94. The largest absolute Gasteiger partial charge is 0.494 e. The molecule has 0 fully saturated rings. The van der Waals surface area contributed by atoms with Crippen molar-refractivity contribution in [2.75, 3.05) is 20.8 Å². The monoisotopic (exact) mass is 517 g/mol. The van der Waals surface area contributed by atoms with Crippen LogP contribution in [0.5, 0.6) is 17.2 Å². The second kappa shape index (κ2) is 11.2. The molecule has 1 aromatic heterocycles. The van der Waals surface area contributed by atoms with E-state index in [1.165, 1.54) is 38.5 Å². The van der Waals surface area contributed by atoms with Crippen molar-refractivity contribution in [1.29, 1.82) is 0 Å². The molecule has 0 saturated carbocycles. The molecule has 198 valence electrons. The second-order valence-corrected chi connectivity index (χ2v) is 9.13. The Kier molecular flexibility index (Phi) is 8.48. The van der Waals surface area contributed by atoms with Crippen LogP contribution in [0, 0.1) is 12.7 Å². The Bertz CT molecular complexity index is 1270. The van der Waals surface area contributed by atoms with Crippen molar-refractivity contribution in [2.45, 2.75) is 45.1 Å². The first-order valence-corrected chi connectivity index (χ1v) is 11.6. The number of methoxy groups -OCH3 is 2. The molecular formula is C28H30F3NO5. The lowest BCUT2D eigenvalue weighted by molar-refractivity contribution is -0.0235. The molecule has 1 unspecified atom stereocenters. The van der Waals surface area contributed by atoms with Gasteiger partial charge in [-0.25, -0.2) is 18.2 Å². The van der Waals surface area contributed by atoms with Gasteiger partial charge in [-0.05, 0) is 74.4 Å². The van der Waals surface area contributed by atoms with Gasteiger partial charge in [0.25, 0.3) is 5.92 Å². The third-order valence-electron chi connectivity index (χ3n) is 5.87. The molecule has 3 rings (SSSR count). The zero-order chi connectivity index (χ0) is 27.4. The Morgan fingerprint density at radius 1 is 0.973 bits per heavy atom. The number of rotatable bonds is 11. The number of aryl methyl sites for hydroxylation is 1. The Hall–Kier alpha value is -3.59. The number of carbonyl (C=O) groups excluding carboxylic acids is 1. The van der Waals surface area contributed by atoms with Crippen LogP contribution in [-0.2, 0) is 5.60 Å². The molecule has 3 aromatic rings. The predicted octanol–water partition coefficient (Wildman–Crippen LogP) is 6.12. The highest BCUT2D eigenvalue weighted by molar-refractivity contribution is 5.96. The molecule has 0 bridgehead atoms. The zero-order valence-corrected chi connectivity index (χ0v) is 21.4. The number of aromatic nitrogens is 1. The molecule has 6 nitrogen and oxygen atoms in total. The van der Waals surface area contributed by atoms with E-state index in [4.69, 9.17) is 14.2 Å². The van der Waals surface area contributed by atoms with Crippen LogP contribution in [0.15, 0.2) is 48.5 Å². The van der Waals surface area contributed by atoms with Crippen LogP contribution in [0.3, 0.4) is 0 Å². The van der Waals surface area contributed by atoms with Gasteiger partial charge in [0.05, 0.1) is 19.9 Å². The van der Waals surface area contributed by atoms with Crippen LogP contribution < -0.4 is 14.2 Å². The van der Waals surface area contributed by atoms with E-state index in [0.717, 1.165) is 6.92 Å². The quantitative estimate of drug-likeness (QED) is 0.309. The molecule has 1 heterocycles. The summed E-state index contributed by atoms with van der Waals surface area (Å²) in [4.78, 5) is 17.5. The van der Waals surface area contributed by atoms with Crippen molar-refractivity contribution in [3.05, 3.63) is 71.2 Å². The van der Waals surface area contributed by atoms with E-state index >= 15 is 0 Å². The lowest BCUT2D eigenvalue weighted by atomic mass is 9.92. The number of ketones is 1. The van der Waals surface area contributed by atoms with Crippen molar-refractivity contribution in [3.63, 3.8) is 0 Å². The minimum Gasteiger partial charge on any atom is -0.494 e. The molecule has 1 atom stereocenters. The maximum absolute atomic E-state index is 13.8. The molecule has 0 spiro atoms. The van der Waals surface area contributed by atoms with E-state index in [2.05, 4.69) is 4.98 Å². The van der Waals surface area contributed by atoms with E-state index in [-0.39, 0.29) is 41.5 Å². The first kappa shape index (κ1) is 28.0. The number of hydrogen-bond donors (Lipinski definition) is 1. The van der Waals surface area contributed by atoms with E-state index in [9.17, 15) is 23.1 Å². The molecule has 0 radical (unpaired) electrons. The summed E-state index contributed by atoms with van der Waals surface area (Å²) >= 11 is 0. The molecule has 0 saturated heterocycles. The third-order valence-corrected chi connectivity index (χ3v) is 5.87. The highest BCUT2D eigenvalue weighted by Crippen LogP contribution is 2.34. The minimum absolute atomic E-state index is 0.0257. The molecule has 9 heteroatoms. The minimum atomic E-state index is -3.02. The summed E-state index contributed by atoms with van der Waals surface area (Å²) < 4.78 is 55.7. The Labute approximate surface area is 214 Å². The van der Waals surface area contributed by atoms with Crippen molar-refractivity contribution in [1.82, 2.24) is 4.98 Å². The smallest absolute Gasteiger partial charge is 0.278 e. The number of benzene rings is 2. The van der Waals surface area contributed by atoms with Gasteiger partial charge in [-0.15, -0.1) is 0 Å². The number of aliphatic hydroxyl groups is 1. The summed E-state index contributed by atoms with van der Waals surface area (Å²) in [6, 6.07) is 12.1. The molecular weight excluding hydrogens is 487 g/mol. The lowest BCUT2D eigenvalue weighted by Crippen LogP contribution is -2.24. The first-order valence-electron chi connectivity index (χ1n) is 11.6. The van der Waals surface area contributed by atoms with E-state index in [0.29, 0.717) is 28.3 Å². The van der Waals surface area contributed by atoms with Crippen molar-refractivity contribution >= 4 is 5.78 Å². The van der Waals surface area contributed by atoms with Crippen molar-refractivity contribution < 1.29 is 37.3 Å². The van der Waals surface area contributed by atoms with Gasteiger partial charge in [-0.1, -0.05) is 0 Å². The van der Waals surface area contributed by atoms with E-state index in [1.54, 1.807) is 38.1 Å².